The molecule has 6 heteroatoms. The number of nitrogens with one attached hydrogen (secondary N) is 2. The SMILES string of the molecule is O=C(CC(=O)N1CCNCC1)C1CN2CC=CC=C2N1. The van der Waals surface area contributed by atoms with Gasteiger partial charge in [-0.05, 0) is 6.08 Å². The van der Waals surface area contributed by atoms with Gasteiger partial charge in [0.1, 0.15) is 11.9 Å². The molecule has 1 unspecified atom stereocenters. The fourth-order valence-electron chi connectivity index (χ4n) is 2.79. The standard InChI is InChI=1S/C14H20N4O2/c19-12(9-14(20)17-7-4-15-5-8-17)11-10-18-6-2-1-3-13(18)16-11/h1-3,11,15-16H,4-10H2. The van der Waals surface area contributed by atoms with E-state index in [1.807, 2.05) is 12.2 Å². The highest BCUT2D eigenvalue weighted by Crippen LogP contribution is 2.17. The summed E-state index contributed by atoms with van der Waals surface area (Å²) in [4.78, 5) is 28.2. The van der Waals surface area contributed by atoms with Gasteiger partial charge >= 0.3 is 0 Å². The molecule has 0 aromatic rings. The molecular weight excluding hydrogens is 256 g/mol. The van der Waals surface area contributed by atoms with E-state index in [2.05, 4.69) is 21.6 Å². The average molecular weight is 276 g/mol. The number of carbonyl (C=O) groups excluding carboxylic acids is 2. The predicted molar refractivity (Wildman–Crippen MR) is 74.8 cm³/mol. The maximum Gasteiger partial charge on any atom is 0.230 e. The Morgan fingerprint density at radius 2 is 2.10 bits per heavy atom. The molecule has 0 aromatic heterocycles. The largest absolute Gasteiger partial charge is 0.360 e. The first-order valence-corrected chi connectivity index (χ1v) is 7.13. The minimum atomic E-state index is -0.256. The van der Waals surface area contributed by atoms with E-state index in [-0.39, 0.29) is 24.2 Å². The lowest BCUT2D eigenvalue weighted by atomic mass is 10.1. The molecule has 0 bridgehead atoms. The molecule has 3 rings (SSSR count). The molecule has 108 valence electrons. The van der Waals surface area contributed by atoms with E-state index in [4.69, 9.17) is 0 Å². The number of piperazine rings is 1. The Hall–Kier alpha value is -1.82. The molecule has 20 heavy (non-hydrogen) atoms. The number of rotatable bonds is 3. The molecule has 2 fully saturated rings. The highest BCUT2D eigenvalue weighted by Gasteiger charge is 2.32. The maximum absolute atomic E-state index is 12.2. The van der Waals surface area contributed by atoms with Crippen LogP contribution < -0.4 is 10.6 Å². The number of nitrogens with zero attached hydrogens (tertiary/aromatic N) is 2. The van der Waals surface area contributed by atoms with Crippen LogP contribution in [-0.2, 0) is 9.59 Å². The monoisotopic (exact) mass is 276 g/mol. The van der Waals surface area contributed by atoms with E-state index < -0.39 is 0 Å². The van der Waals surface area contributed by atoms with Crippen molar-refractivity contribution < 1.29 is 9.59 Å². The summed E-state index contributed by atoms with van der Waals surface area (Å²) in [5, 5.41) is 6.40. The van der Waals surface area contributed by atoms with Crippen LogP contribution in [0.5, 0.6) is 0 Å². The number of carbonyl (C=O) groups is 2. The summed E-state index contributed by atoms with van der Waals surface area (Å²) in [5.74, 6) is 0.930. The molecule has 6 nitrogen and oxygen atoms in total. The molecule has 0 spiro atoms. The number of hydrogen-bond donors (Lipinski definition) is 2. The highest BCUT2D eigenvalue weighted by molar-refractivity contribution is 6.01. The molecule has 0 radical (unpaired) electrons. The maximum atomic E-state index is 12.2. The summed E-state index contributed by atoms with van der Waals surface area (Å²) in [6.45, 7) is 4.51. The number of hydrogen-bond acceptors (Lipinski definition) is 5. The molecule has 0 saturated carbocycles. The molecule has 3 aliphatic heterocycles. The van der Waals surface area contributed by atoms with Crippen molar-refractivity contribution in [3.63, 3.8) is 0 Å². The molecule has 0 aromatic carbocycles. The van der Waals surface area contributed by atoms with Crippen LogP contribution in [0.15, 0.2) is 24.0 Å². The van der Waals surface area contributed by atoms with Crippen molar-refractivity contribution in [1.82, 2.24) is 20.4 Å². The fourth-order valence-corrected chi connectivity index (χ4v) is 2.79. The summed E-state index contributed by atoms with van der Waals surface area (Å²) in [6, 6.07) is -0.256. The van der Waals surface area contributed by atoms with Gasteiger partial charge in [-0.3, -0.25) is 9.59 Å². The Morgan fingerprint density at radius 1 is 1.30 bits per heavy atom. The van der Waals surface area contributed by atoms with Crippen molar-refractivity contribution in [1.29, 1.82) is 0 Å². The van der Waals surface area contributed by atoms with Crippen molar-refractivity contribution in [3.05, 3.63) is 24.0 Å². The van der Waals surface area contributed by atoms with Gasteiger partial charge in [0.05, 0.1) is 6.42 Å². The van der Waals surface area contributed by atoms with Gasteiger partial charge in [-0.1, -0.05) is 12.2 Å². The predicted octanol–water partition coefficient (Wildman–Crippen LogP) is -0.938. The molecule has 2 N–H and O–H groups in total. The van der Waals surface area contributed by atoms with Gasteiger partial charge in [0.2, 0.25) is 5.91 Å². The third-order valence-corrected chi connectivity index (χ3v) is 3.97. The average Bonchev–Trinajstić information content (AvgIpc) is 2.92. The van der Waals surface area contributed by atoms with Gasteiger partial charge in [0.25, 0.3) is 0 Å². The number of Topliss-reactive ketones (excluding diaryl/α,β-unsaturated/α-hetero) is 1. The van der Waals surface area contributed by atoms with Crippen LogP contribution in [0.4, 0.5) is 0 Å². The van der Waals surface area contributed by atoms with Crippen molar-refractivity contribution >= 4 is 11.7 Å². The Labute approximate surface area is 118 Å². The van der Waals surface area contributed by atoms with E-state index in [0.29, 0.717) is 19.6 Å². The fraction of sp³-hybridized carbons (Fsp3) is 0.571. The first-order valence-electron chi connectivity index (χ1n) is 7.13. The van der Waals surface area contributed by atoms with Gasteiger partial charge in [-0.25, -0.2) is 0 Å². The summed E-state index contributed by atoms with van der Waals surface area (Å²) in [5.41, 5.74) is 0. The Bertz CT molecular complexity index is 466. The number of allylic oxidation sites excluding steroid dienone is 2. The van der Waals surface area contributed by atoms with E-state index in [9.17, 15) is 9.59 Å². The zero-order valence-corrected chi connectivity index (χ0v) is 11.5. The second-order valence-corrected chi connectivity index (χ2v) is 5.36. The summed E-state index contributed by atoms with van der Waals surface area (Å²) in [7, 11) is 0. The van der Waals surface area contributed by atoms with Crippen molar-refractivity contribution in [2.24, 2.45) is 0 Å². The molecule has 3 aliphatic rings. The van der Waals surface area contributed by atoms with Crippen LogP contribution in [0.25, 0.3) is 0 Å². The molecular formula is C14H20N4O2. The van der Waals surface area contributed by atoms with Crippen LogP contribution in [0.3, 0.4) is 0 Å². The van der Waals surface area contributed by atoms with E-state index >= 15 is 0 Å². The lowest BCUT2D eigenvalue weighted by Gasteiger charge is -2.27. The lowest BCUT2D eigenvalue weighted by Crippen LogP contribution is -2.47. The van der Waals surface area contributed by atoms with E-state index in [1.54, 1.807) is 4.90 Å². The van der Waals surface area contributed by atoms with Crippen LogP contribution >= 0.6 is 0 Å². The molecule has 1 atom stereocenters. The number of ketones is 1. The van der Waals surface area contributed by atoms with Gasteiger partial charge < -0.3 is 20.4 Å². The lowest BCUT2D eigenvalue weighted by molar-refractivity contribution is -0.136. The smallest absolute Gasteiger partial charge is 0.230 e. The zero-order valence-electron chi connectivity index (χ0n) is 11.5. The Morgan fingerprint density at radius 3 is 2.85 bits per heavy atom. The first kappa shape index (κ1) is 13.2. The second kappa shape index (κ2) is 5.66. The molecule has 0 aliphatic carbocycles. The van der Waals surface area contributed by atoms with Gasteiger partial charge in [-0.2, -0.15) is 0 Å². The van der Waals surface area contributed by atoms with Crippen LogP contribution in [-0.4, -0.2) is 66.8 Å². The molecule has 1 amide bonds. The number of fused-ring (bicyclic) bond motifs is 1. The van der Waals surface area contributed by atoms with Crippen LogP contribution in [0, 0.1) is 0 Å². The normalized spacial score (nSPS) is 25.0. The summed E-state index contributed by atoms with van der Waals surface area (Å²) in [6.07, 6.45) is 6.02. The van der Waals surface area contributed by atoms with Crippen molar-refractivity contribution in [2.75, 3.05) is 39.3 Å². The van der Waals surface area contributed by atoms with Crippen LogP contribution in [0.2, 0.25) is 0 Å². The van der Waals surface area contributed by atoms with Gasteiger partial charge in [-0.15, -0.1) is 0 Å². The van der Waals surface area contributed by atoms with Crippen molar-refractivity contribution in [3.8, 4) is 0 Å². The Kier molecular flexibility index (Phi) is 3.73. The van der Waals surface area contributed by atoms with E-state index in [1.165, 1.54) is 0 Å². The second-order valence-electron chi connectivity index (χ2n) is 5.36. The van der Waals surface area contributed by atoms with E-state index in [0.717, 1.165) is 25.5 Å². The van der Waals surface area contributed by atoms with Crippen LogP contribution in [0.1, 0.15) is 6.42 Å². The number of amides is 1. The zero-order chi connectivity index (χ0) is 13.9. The summed E-state index contributed by atoms with van der Waals surface area (Å²) < 4.78 is 0. The third kappa shape index (κ3) is 2.70. The quantitative estimate of drug-likeness (QED) is 0.652. The Balaban J connectivity index is 1.53. The minimum absolute atomic E-state index is 0.00617. The topological polar surface area (TPSA) is 64.7 Å². The minimum Gasteiger partial charge on any atom is -0.360 e. The first-order chi connectivity index (χ1) is 9.74. The molecule has 3 heterocycles. The van der Waals surface area contributed by atoms with Gasteiger partial charge in [0.15, 0.2) is 5.78 Å². The van der Waals surface area contributed by atoms with Gasteiger partial charge in [0, 0.05) is 39.3 Å². The third-order valence-electron chi connectivity index (χ3n) is 3.97. The highest BCUT2D eigenvalue weighted by atomic mass is 16.2. The van der Waals surface area contributed by atoms with Crippen molar-refractivity contribution in [2.45, 2.75) is 12.5 Å². The summed E-state index contributed by atoms with van der Waals surface area (Å²) >= 11 is 0. The molecule has 2 saturated heterocycles.